The summed E-state index contributed by atoms with van der Waals surface area (Å²) >= 11 is 0. The summed E-state index contributed by atoms with van der Waals surface area (Å²) in [6.07, 6.45) is 1.70. The van der Waals surface area contributed by atoms with Gasteiger partial charge in [-0.05, 0) is 24.0 Å². The Balaban J connectivity index is 1.89. The smallest absolute Gasteiger partial charge is 0.166 e. The first kappa shape index (κ1) is 16.5. The van der Waals surface area contributed by atoms with Gasteiger partial charge in [-0.3, -0.25) is 9.59 Å². The van der Waals surface area contributed by atoms with Crippen LogP contribution < -0.4 is 10.4 Å². The molecule has 2 atom stereocenters. The molecule has 2 aliphatic rings. The van der Waals surface area contributed by atoms with E-state index in [-0.39, 0.29) is 23.4 Å². The van der Waals surface area contributed by atoms with Crippen molar-refractivity contribution in [1.82, 2.24) is 0 Å². The molecule has 128 valence electrons. The minimum absolute atomic E-state index is 0.0871. The van der Waals surface area contributed by atoms with Crippen LogP contribution in [0.3, 0.4) is 0 Å². The van der Waals surface area contributed by atoms with Gasteiger partial charge in [-0.2, -0.15) is 0 Å². The standard InChI is InChI=1S/C22H24O2Si/c1-13-11-17-15(21(13)23)7-5-9-19(17)25(3,4)20-10-6-8-16-18(20)12-14(2)22(16)24/h5-10,13-14H,11-12H2,1-4H3. The molecular formula is C22H24O2Si. The Morgan fingerprint density at radius 3 is 1.56 bits per heavy atom. The number of Topliss-reactive ketones (excluding diaryl/α,β-unsaturated/α-hetero) is 2. The third kappa shape index (κ3) is 2.29. The fourth-order valence-corrected chi connectivity index (χ4v) is 8.02. The van der Waals surface area contributed by atoms with Gasteiger partial charge in [0, 0.05) is 23.0 Å². The molecule has 0 amide bonds. The van der Waals surface area contributed by atoms with Crippen molar-refractivity contribution in [2.45, 2.75) is 39.8 Å². The lowest BCUT2D eigenvalue weighted by molar-refractivity contribution is 0.0939. The highest BCUT2D eigenvalue weighted by Gasteiger charge is 2.39. The van der Waals surface area contributed by atoms with Crippen molar-refractivity contribution in [2.75, 3.05) is 0 Å². The predicted molar refractivity (Wildman–Crippen MR) is 104 cm³/mol. The molecule has 0 bridgehead atoms. The second-order valence-electron chi connectivity index (χ2n) is 8.23. The SMILES string of the molecule is CC1Cc2c(cccc2[Si](C)(C)c2cccc3c2CC(C)C3=O)C1=O. The van der Waals surface area contributed by atoms with Crippen molar-refractivity contribution in [3.63, 3.8) is 0 Å². The van der Waals surface area contributed by atoms with Crippen LogP contribution in [-0.2, 0) is 12.8 Å². The van der Waals surface area contributed by atoms with Gasteiger partial charge in [0.15, 0.2) is 11.6 Å². The van der Waals surface area contributed by atoms with Gasteiger partial charge >= 0.3 is 0 Å². The number of carbonyl (C=O) groups excluding carboxylic acids is 2. The number of hydrogen-bond donors (Lipinski definition) is 0. The monoisotopic (exact) mass is 348 g/mol. The number of rotatable bonds is 2. The molecule has 0 spiro atoms. The van der Waals surface area contributed by atoms with Crippen molar-refractivity contribution >= 4 is 30.0 Å². The fraction of sp³-hybridized carbons (Fsp3) is 0.364. The molecule has 0 aromatic heterocycles. The highest BCUT2D eigenvalue weighted by molar-refractivity contribution is 7.01. The Hall–Kier alpha value is -2.00. The van der Waals surface area contributed by atoms with E-state index in [2.05, 4.69) is 25.2 Å². The lowest BCUT2D eigenvalue weighted by Crippen LogP contribution is -2.55. The Morgan fingerprint density at radius 2 is 1.16 bits per heavy atom. The fourth-order valence-electron chi connectivity index (χ4n) is 4.72. The second kappa shape index (κ2) is 5.50. The number of carbonyl (C=O) groups is 2. The molecule has 4 rings (SSSR count). The summed E-state index contributed by atoms with van der Waals surface area (Å²) in [7, 11) is -1.99. The molecule has 2 nitrogen and oxygen atoms in total. The average Bonchev–Trinajstić information content (AvgIpc) is 3.04. The van der Waals surface area contributed by atoms with E-state index in [1.165, 1.54) is 21.5 Å². The lowest BCUT2D eigenvalue weighted by atomic mass is 10.1. The Kier molecular flexibility index (Phi) is 3.62. The zero-order valence-corrected chi connectivity index (χ0v) is 16.3. The zero-order chi connectivity index (χ0) is 17.9. The highest BCUT2D eigenvalue weighted by atomic mass is 28.3. The summed E-state index contributed by atoms with van der Waals surface area (Å²) in [6, 6.07) is 12.5. The largest absolute Gasteiger partial charge is 0.294 e. The van der Waals surface area contributed by atoms with Gasteiger partial charge in [0.05, 0.1) is 0 Å². The Morgan fingerprint density at radius 1 is 0.760 bits per heavy atom. The minimum atomic E-state index is -1.99. The average molecular weight is 349 g/mol. The van der Waals surface area contributed by atoms with Gasteiger partial charge in [0.1, 0.15) is 8.07 Å². The van der Waals surface area contributed by atoms with E-state index in [1.54, 1.807) is 0 Å². The molecule has 0 saturated heterocycles. The van der Waals surface area contributed by atoms with Crippen LogP contribution in [0.15, 0.2) is 36.4 Å². The van der Waals surface area contributed by atoms with Crippen LogP contribution in [0.1, 0.15) is 45.7 Å². The van der Waals surface area contributed by atoms with Crippen LogP contribution in [0.5, 0.6) is 0 Å². The summed E-state index contributed by atoms with van der Waals surface area (Å²) in [5.41, 5.74) is 4.35. The quantitative estimate of drug-likeness (QED) is 0.781. The van der Waals surface area contributed by atoms with E-state index in [0.717, 1.165) is 24.0 Å². The Labute approximate surface area is 150 Å². The minimum Gasteiger partial charge on any atom is -0.294 e. The molecule has 2 aliphatic carbocycles. The van der Waals surface area contributed by atoms with Gasteiger partial charge < -0.3 is 0 Å². The van der Waals surface area contributed by atoms with E-state index in [0.29, 0.717) is 0 Å². The zero-order valence-electron chi connectivity index (χ0n) is 15.3. The molecule has 25 heavy (non-hydrogen) atoms. The maximum Gasteiger partial charge on any atom is 0.166 e. The molecule has 0 radical (unpaired) electrons. The van der Waals surface area contributed by atoms with Crippen molar-refractivity contribution in [3.8, 4) is 0 Å². The van der Waals surface area contributed by atoms with E-state index < -0.39 is 8.07 Å². The number of ketones is 2. The van der Waals surface area contributed by atoms with E-state index in [9.17, 15) is 9.59 Å². The molecule has 0 aliphatic heterocycles. The molecular weight excluding hydrogens is 324 g/mol. The van der Waals surface area contributed by atoms with Crippen molar-refractivity contribution < 1.29 is 9.59 Å². The normalized spacial score (nSPS) is 22.2. The third-order valence-electron chi connectivity index (χ3n) is 6.15. The van der Waals surface area contributed by atoms with E-state index in [1.807, 2.05) is 38.1 Å². The van der Waals surface area contributed by atoms with Crippen LogP contribution in [0.4, 0.5) is 0 Å². The van der Waals surface area contributed by atoms with Crippen LogP contribution in [-0.4, -0.2) is 19.6 Å². The van der Waals surface area contributed by atoms with Gasteiger partial charge in [-0.1, -0.05) is 73.7 Å². The first-order chi connectivity index (χ1) is 11.8. The van der Waals surface area contributed by atoms with Gasteiger partial charge in [0.25, 0.3) is 0 Å². The van der Waals surface area contributed by atoms with Crippen LogP contribution >= 0.6 is 0 Å². The van der Waals surface area contributed by atoms with Crippen molar-refractivity contribution in [2.24, 2.45) is 11.8 Å². The maximum atomic E-state index is 12.5. The van der Waals surface area contributed by atoms with Gasteiger partial charge in [-0.15, -0.1) is 0 Å². The number of hydrogen-bond acceptors (Lipinski definition) is 2. The Bertz CT molecular complexity index is 837. The first-order valence-corrected chi connectivity index (χ1v) is 12.2. The molecule has 0 N–H and O–H groups in total. The van der Waals surface area contributed by atoms with Crippen molar-refractivity contribution in [1.29, 1.82) is 0 Å². The third-order valence-corrected chi connectivity index (χ3v) is 9.78. The molecule has 2 unspecified atom stereocenters. The lowest BCUT2D eigenvalue weighted by Gasteiger charge is -2.28. The molecule has 0 saturated carbocycles. The molecule has 2 aromatic rings. The van der Waals surface area contributed by atoms with Crippen LogP contribution in [0, 0.1) is 11.8 Å². The number of fused-ring (bicyclic) bond motifs is 2. The van der Waals surface area contributed by atoms with E-state index in [4.69, 9.17) is 0 Å². The molecule has 3 heteroatoms. The molecule has 2 aromatic carbocycles. The second-order valence-corrected chi connectivity index (χ2v) is 12.6. The first-order valence-electron chi connectivity index (χ1n) is 9.15. The van der Waals surface area contributed by atoms with Crippen molar-refractivity contribution in [3.05, 3.63) is 58.7 Å². The molecule has 0 fully saturated rings. The van der Waals surface area contributed by atoms with Gasteiger partial charge in [0.2, 0.25) is 0 Å². The molecule has 0 heterocycles. The summed E-state index contributed by atoms with van der Waals surface area (Å²) in [5, 5.41) is 2.73. The topological polar surface area (TPSA) is 34.1 Å². The van der Waals surface area contributed by atoms with E-state index >= 15 is 0 Å². The summed E-state index contributed by atoms with van der Waals surface area (Å²) in [4.78, 5) is 24.9. The van der Waals surface area contributed by atoms with Crippen LogP contribution in [0.25, 0.3) is 0 Å². The predicted octanol–water partition coefficient (Wildman–Crippen LogP) is 3.26. The highest BCUT2D eigenvalue weighted by Crippen LogP contribution is 2.29. The van der Waals surface area contributed by atoms with Crippen LogP contribution in [0.2, 0.25) is 13.1 Å². The van der Waals surface area contributed by atoms with Gasteiger partial charge in [-0.25, -0.2) is 0 Å². The summed E-state index contributed by atoms with van der Waals surface area (Å²) in [5.74, 6) is 0.737. The number of benzene rings is 2. The maximum absolute atomic E-state index is 12.5. The summed E-state index contributed by atoms with van der Waals surface area (Å²) < 4.78 is 0. The summed E-state index contributed by atoms with van der Waals surface area (Å²) in [6.45, 7) is 8.78.